The number of allylic oxidation sites excluding steroid dienone is 5. The van der Waals surface area contributed by atoms with Crippen molar-refractivity contribution in [2.75, 3.05) is 0 Å². The van der Waals surface area contributed by atoms with Crippen LogP contribution in [0.2, 0.25) is 6.32 Å². The zero-order valence-corrected chi connectivity index (χ0v) is 21.7. The molecule has 5 heteroatoms. The molecule has 0 N–H and O–H groups in total. The van der Waals surface area contributed by atoms with E-state index in [1.807, 2.05) is 66.7 Å². The zero-order chi connectivity index (χ0) is 25.9. The molecule has 0 aliphatic carbocycles. The first kappa shape index (κ1) is 25.4. The number of hydrogen-bond donors (Lipinski definition) is 0. The van der Waals surface area contributed by atoms with Crippen molar-refractivity contribution in [1.82, 2.24) is 9.97 Å². The highest BCUT2D eigenvalue weighted by molar-refractivity contribution is 6.61. The second kappa shape index (κ2) is 10.1. The smallest absolute Gasteiger partial charge is 0.323 e. The molecule has 1 aromatic heterocycles. The molecule has 0 bridgehead atoms. The Morgan fingerprint density at radius 1 is 0.944 bits per heavy atom. The molecule has 1 fully saturated rings. The minimum Gasteiger partial charge on any atom is -0.426 e. The Kier molecular flexibility index (Phi) is 7.10. The third-order valence-electron chi connectivity index (χ3n) is 7.39. The molecular formula is C31H32BN3O. The maximum atomic E-state index is 10.1. The summed E-state index contributed by atoms with van der Waals surface area (Å²) in [6, 6.07) is 21.9. The molecule has 0 amide bonds. The van der Waals surface area contributed by atoms with Gasteiger partial charge >= 0.3 is 6.92 Å². The van der Waals surface area contributed by atoms with Gasteiger partial charge in [-0.2, -0.15) is 5.26 Å². The van der Waals surface area contributed by atoms with E-state index in [9.17, 15) is 5.26 Å². The quantitative estimate of drug-likeness (QED) is 0.274. The fourth-order valence-corrected chi connectivity index (χ4v) is 4.39. The van der Waals surface area contributed by atoms with Gasteiger partial charge in [0.15, 0.2) is 5.82 Å². The van der Waals surface area contributed by atoms with E-state index < -0.39 is 0 Å². The highest BCUT2D eigenvalue weighted by Crippen LogP contribution is 2.46. The lowest BCUT2D eigenvalue weighted by Crippen LogP contribution is -2.34. The Labute approximate surface area is 215 Å². The normalized spacial score (nSPS) is 17.1. The van der Waals surface area contributed by atoms with Gasteiger partial charge in [0, 0.05) is 16.7 Å². The highest BCUT2D eigenvalue weighted by Gasteiger charge is 2.49. The molecule has 2 heterocycles. The first-order valence-electron chi connectivity index (χ1n) is 12.3. The van der Waals surface area contributed by atoms with Crippen LogP contribution < -0.4 is 0 Å². The van der Waals surface area contributed by atoms with Gasteiger partial charge in [0.2, 0.25) is 0 Å². The molecule has 0 atom stereocenters. The fraction of sp³-hybridized carbons (Fsp3) is 0.258. The average molecular weight is 473 g/mol. The molecule has 3 aromatic rings. The maximum Gasteiger partial charge on any atom is 0.323 e. The molecule has 36 heavy (non-hydrogen) atoms. The summed E-state index contributed by atoms with van der Waals surface area (Å²) in [6.07, 6.45) is 6.79. The number of rotatable bonds is 6. The van der Waals surface area contributed by atoms with Crippen LogP contribution in [0.3, 0.4) is 0 Å². The van der Waals surface area contributed by atoms with Crippen molar-refractivity contribution in [2.24, 2.45) is 5.41 Å². The standard InChI is InChI=1S/C31H32BN3O/c1-7-23(19-18-22(2)32-21-30(3,4)31(5,6)36-32)29-34-27(24-14-10-8-11-15-24)26(20-33)28(35-29)25-16-12-9-13-17-25/h7-19H,1,21H2,2-6H3/b22-18+,23-19+. The lowest BCUT2D eigenvalue weighted by Gasteiger charge is -2.34. The molecule has 1 saturated heterocycles. The van der Waals surface area contributed by atoms with Gasteiger partial charge in [-0.3, -0.25) is 0 Å². The van der Waals surface area contributed by atoms with Gasteiger partial charge in [0.25, 0.3) is 0 Å². The van der Waals surface area contributed by atoms with E-state index in [2.05, 4.69) is 53.3 Å². The van der Waals surface area contributed by atoms with Crippen molar-refractivity contribution in [3.05, 3.63) is 102 Å². The van der Waals surface area contributed by atoms with Crippen LogP contribution in [-0.2, 0) is 4.65 Å². The number of benzene rings is 2. The second-order valence-corrected chi connectivity index (χ2v) is 10.4. The van der Waals surface area contributed by atoms with E-state index in [0.29, 0.717) is 22.8 Å². The van der Waals surface area contributed by atoms with Gasteiger partial charge in [-0.15, -0.1) is 0 Å². The molecule has 2 aromatic carbocycles. The van der Waals surface area contributed by atoms with Crippen molar-refractivity contribution in [3.63, 3.8) is 0 Å². The summed E-state index contributed by atoms with van der Waals surface area (Å²) < 4.78 is 6.39. The van der Waals surface area contributed by atoms with Crippen molar-refractivity contribution in [2.45, 2.75) is 46.5 Å². The minimum absolute atomic E-state index is 0.0546. The van der Waals surface area contributed by atoms with E-state index in [1.165, 1.54) is 0 Å². The van der Waals surface area contributed by atoms with Crippen LogP contribution in [0.1, 0.15) is 46.0 Å². The lowest BCUT2D eigenvalue weighted by molar-refractivity contribution is 0.0370. The van der Waals surface area contributed by atoms with E-state index >= 15 is 0 Å². The van der Waals surface area contributed by atoms with Crippen LogP contribution >= 0.6 is 0 Å². The molecule has 0 spiro atoms. The Hall–Kier alpha value is -3.75. The molecule has 4 nitrogen and oxygen atoms in total. The Morgan fingerprint density at radius 2 is 1.47 bits per heavy atom. The molecule has 1 aliphatic rings. The van der Waals surface area contributed by atoms with Gasteiger partial charge in [-0.25, -0.2) is 9.97 Å². The van der Waals surface area contributed by atoms with Crippen LogP contribution in [-0.4, -0.2) is 22.5 Å². The molecule has 0 radical (unpaired) electrons. The largest absolute Gasteiger partial charge is 0.426 e. The first-order valence-corrected chi connectivity index (χ1v) is 12.3. The van der Waals surface area contributed by atoms with Gasteiger partial charge in [0.1, 0.15) is 11.6 Å². The fourth-order valence-electron chi connectivity index (χ4n) is 4.39. The predicted molar refractivity (Wildman–Crippen MR) is 149 cm³/mol. The number of nitrogens with zero attached hydrogens (tertiary/aromatic N) is 3. The summed E-state index contributed by atoms with van der Waals surface area (Å²) in [7, 11) is 0. The first-order chi connectivity index (χ1) is 17.2. The predicted octanol–water partition coefficient (Wildman–Crippen LogP) is 7.56. The molecule has 1 aliphatic heterocycles. The number of aromatic nitrogens is 2. The van der Waals surface area contributed by atoms with Crippen LogP contribution in [0, 0.1) is 16.7 Å². The summed E-state index contributed by atoms with van der Waals surface area (Å²) in [6.45, 7) is 15.0. The van der Waals surface area contributed by atoms with Crippen LogP contribution in [0.4, 0.5) is 0 Å². The van der Waals surface area contributed by atoms with Crippen molar-refractivity contribution < 1.29 is 4.65 Å². The topological polar surface area (TPSA) is 58.8 Å². The molecular weight excluding hydrogens is 441 g/mol. The van der Waals surface area contributed by atoms with Crippen LogP contribution in [0.25, 0.3) is 28.1 Å². The van der Waals surface area contributed by atoms with E-state index in [-0.39, 0.29) is 17.9 Å². The van der Waals surface area contributed by atoms with E-state index in [0.717, 1.165) is 28.5 Å². The summed E-state index contributed by atoms with van der Waals surface area (Å²) in [5, 5.41) is 10.1. The van der Waals surface area contributed by atoms with Crippen molar-refractivity contribution in [1.29, 1.82) is 5.26 Å². The Balaban J connectivity index is 1.82. The number of hydrogen-bond acceptors (Lipinski definition) is 4. The zero-order valence-electron chi connectivity index (χ0n) is 21.7. The van der Waals surface area contributed by atoms with Crippen LogP contribution in [0.15, 0.2) is 90.9 Å². The summed E-state index contributed by atoms with van der Waals surface area (Å²) in [5.41, 5.74) is 5.23. The Morgan fingerprint density at radius 3 is 1.89 bits per heavy atom. The third kappa shape index (κ3) is 4.96. The van der Waals surface area contributed by atoms with E-state index in [1.54, 1.807) is 6.08 Å². The summed E-state index contributed by atoms with van der Waals surface area (Å²) in [5.74, 6) is 0.527. The molecule has 0 saturated carbocycles. The van der Waals surface area contributed by atoms with Crippen LogP contribution in [0.5, 0.6) is 0 Å². The highest BCUT2D eigenvalue weighted by atomic mass is 16.5. The molecule has 0 unspecified atom stereocenters. The third-order valence-corrected chi connectivity index (χ3v) is 7.39. The van der Waals surface area contributed by atoms with Gasteiger partial charge in [-0.05, 0) is 32.5 Å². The SMILES string of the molecule is C=C/C(=C\C=C(/C)B1CC(C)(C)C(C)(C)O1)c1nc(-c2ccccc2)c(C#N)c(-c2ccccc2)n1. The van der Waals surface area contributed by atoms with Gasteiger partial charge < -0.3 is 4.65 Å². The maximum absolute atomic E-state index is 10.1. The van der Waals surface area contributed by atoms with Gasteiger partial charge in [0.05, 0.1) is 17.0 Å². The Bertz CT molecular complexity index is 1290. The average Bonchev–Trinajstić information content (AvgIpc) is 3.11. The molecule has 180 valence electrons. The summed E-state index contributed by atoms with van der Waals surface area (Å²) >= 11 is 0. The van der Waals surface area contributed by atoms with Crippen molar-refractivity contribution in [3.8, 4) is 28.6 Å². The minimum atomic E-state index is -0.191. The van der Waals surface area contributed by atoms with E-state index in [4.69, 9.17) is 14.6 Å². The van der Waals surface area contributed by atoms with Crippen molar-refractivity contribution >= 4 is 12.5 Å². The molecule has 4 rings (SSSR count). The lowest BCUT2D eigenvalue weighted by atomic mass is 9.54. The monoisotopic (exact) mass is 473 g/mol. The number of nitriles is 1. The van der Waals surface area contributed by atoms with Gasteiger partial charge in [-0.1, -0.05) is 105 Å². The second-order valence-electron chi connectivity index (χ2n) is 10.4. The summed E-state index contributed by atoms with van der Waals surface area (Å²) in [4.78, 5) is 9.72.